The number of nitrogens with zero attached hydrogens (tertiary/aromatic N) is 2. The van der Waals surface area contributed by atoms with Crippen molar-refractivity contribution in [2.75, 3.05) is 5.32 Å². The average molecular weight is 467 g/mol. The van der Waals surface area contributed by atoms with Gasteiger partial charge in [0.1, 0.15) is 12.3 Å². The van der Waals surface area contributed by atoms with E-state index in [1.807, 2.05) is 18.2 Å². The molecule has 0 aliphatic carbocycles. The van der Waals surface area contributed by atoms with Gasteiger partial charge in [-0.3, -0.25) is 20.3 Å². The first-order valence-electron chi connectivity index (χ1n) is 10.2. The van der Waals surface area contributed by atoms with Crippen LogP contribution in [0.3, 0.4) is 0 Å². The van der Waals surface area contributed by atoms with Crippen LogP contribution in [0.4, 0.5) is 10.8 Å². The van der Waals surface area contributed by atoms with Gasteiger partial charge in [0.2, 0.25) is 5.91 Å². The Labute approximate surface area is 194 Å². The summed E-state index contributed by atoms with van der Waals surface area (Å²) in [5.74, 6) is -2.38. The van der Waals surface area contributed by atoms with Crippen molar-refractivity contribution in [1.82, 2.24) is 4.98 Å². The second-order valence-electron chi connectivity index (χ2n) is 7.12. The summed E-state index contributed by atoms with van der Waals surface area (Å²) in [4.78, 5) is 40.6. The van der Waals surface area contributed by atoms with E-state index in [4.69, 9.17) is 10.1 Å². The second-order valence-corrected chi connectivity index (χ2v) is 8.24. The van der Waals surface area contributed by atoms with Gasteiger partial charge in [-0.05, 0) is 12.0 Å². The molecule has 0 aliphatic rings. The number of carbonyl (C=O) groups is 2. The first-order chi connectivity index (χ1) is 15.9. The van der Waals surface area contributed by atoms with Crippen LogP contribution in [-0.2, 0) is 27.4 Å². The molecule has 9 nitrogen and oxygen atoms in total. The number of benzene rings is 2. The Bertz CT molecular complexity index is 1160. The fraction of sp³-hybridized carbons (Fsp3) is 0.217. The summed E-state index contributed by atoms with van der Waals surface area (Å²) in [5.41, 5.74) is 0.913. The number of hydrogen-bond acceptors (Lipinski definition) is 8. The number of esters is 1. The summed E-state index contributed by atoms with van der Waals surface area (Å²) in [5, 5.41) is 22.2. The zero-order valence-corrected chi connectivity index (χ0v) is 18.6. The summed E-state index contributed by atoms with van der Waals surface area (Å²) in [6, 6.07) is 15.5. The largest absolute Gasteiger partial charge is 0.456 e. The quantitative estimate of drug-likeness (QED) is 0.197. The van der Waals surface area contributed by atoms with E-state index in [0.717, 1.165) is 10.4 Å². The van der Waals surface area contributed by atoms with E-state index in [1.165, 1.54) is 23.6 Å². The van der Waals surface area contributed by atoms with Crippen LogP contribution < -0.4 is 5.32 Å². The van der Waals surface area contributed by atoms with E-state index in [2.05, 4.69) is 10.3 Å². The Balaban J connectivity index is 1.60. The smallest absolute Gasteiger partial charge is 0.353 e. The maximum absolute atomic E-state index is 12.7. The highest BCUT2D eigenvalue weighted by Crippen LogP contribution is 2.26. The molecule has 0 aliphatic heterocycles. The summed E-state index contributed by atoms with van der Waals surface area (Å²) in [6.45, 7) is 1.71. The van der Waals surface area contributed by atoms with Crippen LogP contribution in [0.5, 0.6) is 0 Å². The lowest BCUT2D eigenvalue weighted by Gasteiger charge is -2.14. The number of thiazole rings is 1. The zero-order valence-electron chi connectivity index (χ0n) is 17.8. The van der Waals surface area contributed by atoms with E-state index in [-0.39, 0.29) is 23.8 Å². The van der Waals surface area contributed by atoms with Crippen molar-refractivity contribution in [2.45, 2.75) is 26.4 Å². The fourth-order valence-corrected chi connectivity index (χ4v) is 3.97. The number of nitro benzene ring substituents is 1. The molecule has 2 N–H and O–H groups in total. The Kier molecular flexibility index (Phi) is 7.98. The van der Waals surface area contributed by atoms with Gasteiger partial charge in [0, 0.05) is 29.1 Å². The Hall–Kier alpha value is -3.92. The molecule has 1 aromatic heterocycles. The number of rotatable bonds is 10. The Morgan fingerprint density at radius 3 is 2.58 bits per heavy atom. The van der Waals surface area contributed by atoms with Gasteiger partial charge in [-0.25, -0.2) is 9.78 Å². The van der Waals surface area contributed by atoms with Crippen LogP contribution >= 0.6 is 11.3 Å². The lowest BCUT2D eigenvalue weighted by Crippen LogP contribution is -2.34. The highest BCUT2D eigenvalue weighted by atomic mass is 32.1. The maximum atomic E-state index is 12.7. The minimum absolute atomic E-state index is 0.0154. The van der Waals surface area contributed by atoms with Gasteiger partial charge in [-0.15, -0.1) is 11.3 Å². The summed E-state index contributed by atoms with van der Waals surface area (Å²) >= 11 is 1.18. The fourth-order valence-electron chi connectivity index (χ4n) is 3.13. The van der Waals surface area contributed by atoms with Gasteiger partial charge in [-0.2, -0.15) is 0 Å². The van der Waals surface area contributed by atoms with Crippen LogP contribution in [0.25, 0.3) is 0 Å². The third-order valence-electron chi connectivity index (χ3n) is 4.84. The zero-order chi connectivity index (χ0) is 23.8. The van der Waals surface area contributed by atoms with E-state index in [0.29, 0.717) is 12.0 Å². The van der Waals surface area contributed by atoms with Crippen molar-refractivity contribution in [1.29, 1.82) is 5.41 Å². The molecule has 3 aromatic rings. The van der Waals surface area contributed by atoms with Crippen molar-refractivity contribution in [2.24, 2.45) is 5.92 Å². The molecule has 2 aromatic carbocycles. The number of amides is 1. The molecule has 1 heterocycles. The van der Waals surface area contributed by atoms with Gasteiger partial charge < -0.3 is 10.1 Å². The lowest BCUT2D eigenvalue weighted by molar-refractivity contribution is -0.385. The first kappa shape index (κ1) is 23.7. The number of nitro groups is 1. The number of anilines is 1. The summed E-state index contributed by atoms with van der Waals surface area (Å²) in [6.07, 6.45) is 2.07. The van der Waals surface area contributed by atoms with E-state index >= 15 is 0 Å². The second kappa shape index (κ2) is 11.1. The molecule has 1 atom stereocenters. The van der Waals surface area contributed by atoms with Crippen LogP contribution in [0.2, 0.25) is 0 Å². The molecule has 170 valence electrons. The lowest BCUT2D eigenvalue weighted by atomic mass is 9.99. The SMILES string of the molecule is CCC(C(=N)C(=O)OCc1ccccc1)C(=O)Nc1ncc(Cc2ccccc2[N+](=O)[O-])s1. The van der Waals surface area contributed by atoms with Crippen molar-refractivity contribution >= 4 is 39.7 Å². The summed E-state index contributed by atoms with van der Waals surface area (Å²) < 4.78 is 5.16. The number of aromatic nitrogens is 1. The molecule has 0 bridgehead atoms. The van der Waals surface area contributed by atoms with Gasteiger partial charge in [0.15, 0.2) is 5.13 Å². The van der Waals surface area contributed by atoms with E-state index in [1.54, 1.807) is 37.3 Å². The highest BCUT2D eigenvalue weighted by Gasteiger charge is 2.28. The van der Waals surface area contributed by atoms with Crippen LogP contribution in [-0.4, -0.2) is 27.5 Å². The number of hydrogen-bond donors (Lipinski definition) is 2. The van der Waals surface area contributed by atoms with E-state index in [9.17, 15) is 19.7 Å². The Morgan fingerprint density at radius 1 is 1.18 bits per heavy atom. The molecular formula is C23H22N4O5S. The molecule has 10 heteroatoms. The predicted molar refractivity (Wildman–Crippen MR) is 124 cm³/mol. The van der Waals surface area contributed by atoms with Gasteiger partial charge >= 0.3 is 5.97 Å². The molecule has 3 rings (SSSR count). The third kappa shape index (κ3) is 6.30. The van der Waals surface area contributed by atoms with Crippen LogP contribution in [0, 0.1) is 21.4 Å². The molecule has 0 saturated heterocycles. The molecule has 1 unspecified atom stereocenters. The summed E-state index contributed by atoms with van der Waals surface area (Å²) in [7, 11) is 0. The van der Waals surface area contributed by atoms with Crippen molar-refractivity contribution in [3.8, 4) is 0 Å². The number of ether oxygens (including phenoxy) is 1. The standard InChI is InChI=1S/C23H22N4O5S/c1-2-18(20(24)22(29)32-14-15-8-4-3-5-9-15)21(28)26-23-25-13-17(33-23)12-16-10-6-7-11-19(16)27(30)31/h3-11,13,18,24H,2,12,14H2,1H3,(H,25,26,28). The van der Waals surface area contributed by atoms with Crippen molar-refractivity contribution < 1.29 is 19.2 Å². The number of nitrogens with one attached hydrogen (secondary N) is 2. The van der Waals surface area contributed by atoms with Crippen LogP contribution in [0.15, 0.2) is 60.8 Å². The Morgan fingerprint density at radius 2 is 1.88 bits per heavy atom. The first-order valence-corrected chi connectivity index (χ1v) is 11.0. The van der Waals surface area contributed by atoms with Crippen molar-refractivity contribution in [3.63, 3.8) is 0 Å². The molecule has 0 spiro atoms. The minimum Gasteiger partial charge on any atom is -0.456 e. The molecular weight excluding hydrogens is 444 g/mol. The highest BCUT2D eigenvalue weighted by molar-refractivity contribution is 7.15. The third-order valence-corrected chi connectivity index (χ3v) is 5.76. The molecule has 0 fully saturated rings. The number of carbonyl (C=O) groups excluding carboxylic acids is 2. The monoisotopic (exact) mass is 466 g/mol. The van der Waals surface area contributed by atoms with Gasteiger partial charge in [0.05, 0.1) is 10.8 Å². The average Bonchev–Trinajstić information content (AvgIpc) is 3.25. The van der Waals surface area contributed by atoms with E-state index < -0.39 is 28.4 Å². The minimum atomic E-state index is -0.990. The molecule has 33 heavy (non-hydrogen) atoms. The maximum Gasteiger partial charge on any atom is 0.353 e. The topological polar surface area (TPSA) is 135 Å². The molecule has 1 amide bonds. The van der Waals surface area contributed by atoms with Gasteiger partial charge in [-0.1, -0.05) is 55.5 Å². The predicted octanol–water partition coefficient (Wildman–Crippen LogP) is 4.37. The van der Waals surface area contributed by atoms with Crippen LogP contribution in [0.1, 0.15) is 29.3 Å². The van der Waals surface area contributed by atoms with Gasteiger partial charge in [0.25, 0.3) is 5.69 Å². The molecule has 0 radical (unpaired) electrons. The van der Waals surface area contributed by atoms with Crippen molar-refractivity contribution in [3.05, 3.63) is 86.9 Å². The number of para-hydroxylation sites is 1. The normalized spacial score (nSPS) is 11.4. The molecule has 0 saturated carbocycles.